The molecule has 3 rings (SSSR count). The summed E-state index contributed by atoms with van der Waals surface area (Å²) in [4.78, 5) is 5.29. The van der Waals surface area contributed by atoms with Gasteiger partial charge in [0.25, 0.3) is 0 Å². The molecule has 0 atom stereocenters. The first-order valence-corrected chi connectivity index (χ1v) is 7.39. The van der Waals surface area contributed by atoms with Crippen LogP contribution in [0.5, 0.6) is 5.75 Å². The van der Waals surface area contributed by atoms with Crippen molar-refractivity contribution in [3.05, 3.63) is 35.7 Å². The fraction of sp³-hybridized carbons (Fsp3) is 0.267. The summed E-state index contributed by atoms with van der Waals surface area (Å²) in [5, 5.41) is 14.7. The first-order chi connectivity index (χ1) is 10.1. The van der Waals surface area contributed by atoms with E-state index in [1.54, 1.807) is 11.6 Å². The van der Waals surface area contributed by atoms with Crippen LogP contribution >= 0.6 is 11.3 Å². The number of methoxy groups -OCH3 is 1. The topological polar surface area (TPSA) is 63.2 Å². The molecule has 0 N–H and O–H groups in total. The summed E-state index contributed by atoms with van der Waals surface area (Å²) in [5.41, 5.74) is 2.31. The number of rotatable bonds is 3. The Morgan fingerprint density at radius 1 is 1.29 bits per heavy atom. The van der Waals surface area contributed by atoms with Crippen molar-refractivity contribution in [2.24, 2.45) is 0 Å². The van der Waals surface area contributed by atoms with Crippen molar-refractivity contribution in [3.8, 4) is 22.4 Å². The SMILES string of the molecule is COc1ccc(-c2nn3c(C#N)c(C(C)C)nc3s2)cc1. The highest BCUT2D eigenvalue weighted by atomic mass is 32.1. The minimum Gasteiger partial charge on any atom is -0.497 e. The Hall–Kier alpha value is -2.39. The first-order valence-electron chi connectivity index (χ1n) is 6.58. The van der Waals surface area contributed by atoms with Gasteiger partial charge in [0, 0.05) is 5.56 Å². The molecule has 0 saturated heterocycles. The second-order valence-corrected chi connectivity index (χ2v) is 5.90. The van der Waals surface area contributed by atoms with Crippen LogP contribution in [-0.4, -0.2) is 21.7 Å². The number of imidazole rings is 1. The lowest BCUT2D eigenvalue weighted by atomic mass is 10.1. The second kappa shape index (κ2) is 5.19. The number of fused-ring (bicyclic) bond motifs is 1. The number of nitrogens with zero attached hydrogens (tertiary/aromatic N) is 4. The van der Waals surface area contributed by atoms with E-state index in [9.17, 15) is 5.26 Å². The molecule has 0 unspecified atom stereocenters. The van der Waals surface area contributed by atoms with Gasteiger partial charge in [-0.3, -0.25) is 0 Å². The number of nitriles is 1. The Kier molecular flexibility index (Phi) is 3.35. The van der Waals surface area contributed by atoms with Crippen LogP contribution in [0.4, 0.5) is 0 Å². The van der Waals surface area contributed by atoms with E-state index in [0.717, 1.165) is 27.0 Å². The summed E-state index contributed by atoms with van der Waals surface area (Å²) in [5.74, 6) is 1.01. The highest BCUT2D eigenvalue weighted by Crippen LogP contribution is 2.30. The predicted molar refractivity (Wildman–Crippen MR) is 81.7 cm³/mol. The average molecular weight is 298 g/mol. The van der Waals surface area contributed by atoms with E-state index in [1.807, 2.05) is 38.1 Å². The highest BCUT2D eigenvalue weighted by molar-refractivity contribution is 7.19. The smallest absolute Gasteiger partial charge is 0.213 e. The Labute approximate surface area is 126 Å². The van der Waals surface area contributed by atoms with E-state index in [0.29, 0.717) is 5.69 Å². The highest BCUT2D eigenvalue weighted by Gasteiger charge is 2.18. The van der Waals surface area contributed by atoms with Crippen molar-refractivity contribution in [2.45, 2.75) is 19.8 Å². The maximum absolute atomic E-state index is 9.34. The Balaban J connectivity index is 2.09. The standard InChI is InChI=1S/C15H14N4OS/c1-9(2)13-12(8-16)19-15(17-13)21-14(18-19)10-4-6-11(20-3)7-5-10/h4-7,9H,1-3H3. The van der Waals surface area contributed by atoms with E-state index in [4.69, 9.17) is 4.74 Å². The summed E-state index contributed by atoms with van der Waals surface area (Å²) in [6.45, 7) is 4.05. The van der Waals surface area contributed by atoms with Crippen LogP contribution in [0.3, 0.4) is 0 Å². The molecule has 0 aliphatic carbocycles. The van der Waals surface area contributed by atoms with Gasteiger partial charge in [0.05, 0.1) is 12.8 Å². The van der Waals surface area contributed by atoms with E-state index >= 15 is 0 Å². The predicted octanol–water partition coefficient (Wildman–Crippen LogP) is 3.46. The normalized spacial score (nSPS) is 11.0. The van der Waals surface area contributed by atoms with Gasteiger partial charge < -0.3 is 4.74 Å². The van der Waals surface area contributed by atoms with Gasteiger partial charge in [0.15, 0.2) is 5.69 Å². The third-order valence-corrected chi connectivity index (χ3v) is 4.18. The zero-order chi connectivity index (χ0) is 15.0. The fourth-order valence-corrected chi connectivity index (χ4v) is 3.03. The maximum atomic E-state index is 9.34. The molecule has 2 heterocycles. The molecule has 0 radical (unpaired) electrons. The van der Waals surface area contributed by atoms with Crippen LogP contribution in [-0.2, 0) is 0 Å². The van der Waals surface area contributed by atoms with Gasteiger partial charge >= 0.3 is 0 Å². The van der Waals surface area contributed by atoms with Gasteiger partial charge in [-0.05, 0) is 30.2 Å². The van der Waals surface area contributed by atoms with Crippen molar-refractivity contribution in [2.75, 3.05) is 7.11 Å². The van der Waals surface area contributed by atoms with Crippen LogP contribution < -0.4 is 4.74 Å². The van der Waals surface area contributed by atoms with Gasteiger partial charge in [-0.2, -0.15) is 14.9 Å². The average Bonchev–Trinajstić information content (AvgIpc) is 3.04. The van der Waals surface area contributed by atoms with E-state index in [-0.39, 0.29) is 5.92 Å². The molecule has 0 spiro atoms. The Morgan fingerprint density at radius 3 is 2.57 bits per heavy atom. The maximum Gasteiger partial charge on any atom is 0.213 e. The lowest BCUT2D eigenvalue weighted by Crippen LogP contribution is -1.95. The third-order valence-electron chi connectivity index (χ3n) is 3.22. The third kappa shape index (κ3) is 2.26. The van der Waals surface area contributed by atoms with Crippen LogP contribution in [0.1, 0.15) is 31.2 Å². The molecule has 0 bridgehead atoms. The van der Waals surface area contributed by atoms with Crippen molar-refractivity contribution in [1.82, 2.24) is 14.6 Å². The number of hydrogen-bond donors (Lipinski definition) is 0. The minimum absolute atomic E-state index is 0.206. The molecule has 106 valence electrons. The molecular formula is C15H14N4OS. The van der Waals surface area contributed by atoms with Crippen molar-refractivity contribution in [1.29, 1.82) is 5.26 Å². The van der Waals surface area contributed by atoms with Crippen LogP contribution in [0, 0.1) is 11.3 Å². The van der Waals surface area contributed by atoms with E-state index < -0.39 is 0 Å². The lowest BCUT2D eigenvalue weighted by molar-refractivity contribution is 0.415. The summed E-state index contributed by atoms with van der Waals surface area (Å²) in [6, 6.07) is 9.90. The molecule has 1 aromatic carbocycles. The van der Waals surface area contributed by atoms with Crippen LogP contribution in [0.2, 0.25) is 0 Å². The molecule has 2 aromatic heterocycles. The molecule has 0 fully saturated rings. The number of benzene rings is 1. The van der Waals surface area contributed by atoms with Gasteiger partial charge in [0.1, 0.15) is 16.8 Å². The van der Waals surface area contributed by atoms with Gasteiger partial charge in [-0.25, -0.2) is 4.98 Å². The molecule has 5 nitrogen and oxygen atoms in total. The summed E-state index contributed by atoms with van der Waals surface area (Å²) in [6.07, 6.45) is 0. The van der Waals surface area contributed by atoms with E-state index in [1.165, 1.54) is 11.3 Å². The summed E-state index contributed by atoms with van der Waals surface area (Å²) in [7, 11) is 1.64. The quantitative estimate of drug-likeness (QED) is 0.743. The van der Waals surface area contributed by atoms with Crippen molar-refractivity contribution >= 4 is 16.3 Å². The first kappa shape index (κ1) is 13.6. The number of aromatic nitrogens is 3. The lowest BCUT2D eigenvalue weighted by Gasteiger charge is -2.00. The van der Waals surface area contributed by atoms with Gasteiger partial charge in [-0.15, -0.1) is 0 Å². The molecule has 0 amide bonds. The Morgan fingerprint density at radius 2 is 2.00 bits per heavy atom. The summed E-state index contributed by atoms with van der Waals surface area (Å²) >= 11 is 1.48. The largest absolute Gasteiger partial charge is 0.497 e. The molecule has 0 saturated carbocycles. The molecular weight excluding hydrogens is 284 g/mol. The molecule has 3 aromatic rings. The Bertz CT molecular complexity index is 824. The monoisotopic (exact) mass is 298 g/mol. The fourth-order valence-electron chi connectivity index (χ4n) is 2.12. The minimum atomic E-state index is 0.206. The van der Waals surface area contributed by atoms with Crippen LogP contribution in [0.15, 0.2) is 24.3 Å². The molecule has 0 aliphatic rings. The molecule has 6 heteroatoms. The van der Waals surface area contributed by atoms with Gasteiger partial charge in [0.2, 0.25) is 4.96 Å². The zero-order valence-electron chi connectivity index (χ0n) is 12.0. The van der Waals surface area contributed by atoms with Crippen molar-refractivity contribution in [3.63, 3.8) is 0 Å². The van der Waals surface area contributed by atoms with Crippen molar-refractivity contribution < 1.29 is 4.74 Å². The van der Waals surface area contributed by atoms with Gasteiger partial charge in [-0.1, -0.05) is 25.2 Å². The second-order valence-electron chi connectivity index (χ2n) is 4.94. The number of ether oxygens (including phenoxy) is 1. The zero-order valence-corrected chi connectivity index (χ0v) is 12.8. The summed E-state index contributed by atoms with van der Waals surface area (Å²) < 4.78 is 6.79. The van der Waals surface area contributed by atoms with E-state index in [2.05, 4.69) is 16.2 Å². The molecule has 21 heavy (non-hydrogen) atoms. The van der Waals surface area contributed by atoms with Crippen LogP contribution in [0.25, 0.3) is 15.5 Å². The molecule has 0 aliphatic heterocycles. The number of hydrogen-bond acceptors (Lipinski definition) is 5.